The van der Waals surface area contributed by atoms with Crippen LogP contribution in [0.4, 0.5) is 5.69 Å². The summed E-state index contributed by atoms with van der Waals surface area (Å²) in [4.78, 5) is 23.5. The summed E-state index contributed by atoms with van der Waals surface area (Å²) in [7, 11) is 3.19. The third-order valence-corrected chi connectivity index (χ3v) is 3.75. The Morgan fingerprint density at radius 1 is 1.08 bits per heavy atom. The van der Waals surface area contributed by atoms with Gasteiger partial charge in [0.15, 0.2) is 0 Å². The third kappa shape index (κ3) is 4.50. The van der Waals surface area contributed by atoms with Gasteiger partial charge in [-0.15, -0.1) is 0 Å². The molecule has 0 heterocycles. The molecule has 0 saturated carbocycles. The molecule has 0 saturated heterocycles. The van der Waals surface area contributed by atoms with Crippen LogP contribution in [-0.4, -0.2) is 26.0 Å². The van der Waals surface area contributed by atoms with Gasteiger partial charge in [-0.05, 0) is 37.3 Å². The van der Waals surface area contributed by atoms with E-state index < -0.39 is 0 Å². The van der Waals surface area contributed by atoms with Crippen LogP contribution in [-0.2, 0) is 11.3 Å². The molecule has 0 fully saturated rings. The molecule has 2 N–H and O–H groups in total. The summed E-state index contributed by atoms with van der Waals surface area (Å²) >= 11 is 0. The van der Waals surface area contributed by atoms with Crippen LogP contribution in [0.1, 0.15) is 28.4 Å². The average molecular weight is 342 g/mol. The van der Waals surface area contributed by atoms with Gasteiger partial charge in [0.25, 0.3) is 5.91 Å². The maximum Gasteiger partial charge on any atom is 0.251 e. The first-order chi connectivity index (χ1) is 12.0. The number of hydrogen-bond donors (Lipinski definition) is 2. The van der Waals surface area contributed by atoms with Gasteiger partial charge >= 0.3 is 0 Å². The number of rotatable bonds is 6. The molecule has 0 spiro atoms. The molecule has 2 aromatic rings. The maximum absolute atomic E-state index is 12.4. The predicted octanol–water partition coefficient (Wildman–Crippen LogP) is 2.90. The Bertz CT molecular complexity index is 787. The Morgan fingerprint density at radius 3 is 2.48 bits per heavy atom. The zero-order valence-corrected chi connectivity index (χ0v) is 14.8. The average Bonchev–Trinajstić information content (AvgIpc) is 2.59. The van der Waals surface area contributed by atoms with Crippen LogP contribution in [0.2, 0.25) is 0 Å². The van der Waals surface area contributed by atoms with Crippen molar-refractivity contribution >= 4 is 17.5 Å². The van der Waals surface area contributed by atoms with Gasteiger partial charge in [0.2, 0.25) is 5.91 Å². The lowest BCUT2D eigenvalue weighted by atomic mass is 10.1. The molecule has 0 aromatic heterocycles. The summed E-state index contributed by atoms with van der Waals surface area (Å²) in [5.74, 6) is 1.00. The van der Waals surface area contributed by atoms with Crippen LogP contribution in [0.15, 0.2) is 36.4 Å². The number of carbonyl (C=O) groups is 2. The molecule has 25 heavy (non-hydrogen) atoms. The highest BCUT2D eigenvalue weighted by Gasteiger charge is 2.13. The first-order valence-corrected chi connectivity index (χ1v) is 7.82. The minimum absolute atomic E-state index is 0.184. The van der Waals surface area contributed by atoms with Crippen molar-refractivity contribution in [2.75, 3.05) is 19.5 Å². The van der Waals surface area contributed by atoms with E-state index in [1.54, 1.807) is 38.5 Å². The van der Waals surface area contributed by atoms with Gasteiger partial charge in [0, 0.05) is 35.8 Å². The summed E-state index contributed by atoms with van der Waals surface area (Å²) < 4.78 is 10.7. The number of methoxy groups -OCH3 is 2. The van der Waals surface area contributed by atoms with E-state index in [2.05, 4.69) is 10.6 Å². The molecular weight excluding hydrogens is 320 g/mol. The van der Waals surface area contributed by atoms with E-state index in [0.29, 0.717) is 23.5 Å². The quantitative estimate of drug-likeness (QED) is 0.846. The van der Waals surface area contributed by atoms with Crippen molar-refractivity contribution in [3.8, 4) is 11.5 Å². The lowest BCUT2D eigenvalue weighted by Gasteiger charge is -2.15. The highest BCUT2D eigenvalue weighted by molar-refractivity contribution is 5.96. The minimum Gasteiger partial charge on any atom is -0.496 e. The molecule has 2 aromatic carbocycles. The van der Waals surface area contributed by atoms with Crippen molar-refractivity contribution in [1.29, 1.82) is 0 Å². The molecule has 0 radical (unpaired) electrons. The van der Waals surface area contributed by atoms with Crippen LogP contribution in [0, 0.1) is 6.92 Å². The van der Waals surface area contributed by atoms with Crippen LogP contribution in [0.5, 0.6) is 11.5 Å². The molecule has 2 rings (SSSR count). The number of anilines is 1. The number of hydrogen-bond acceptors (Lipinski definition) is 4. The molecule has 2 amide bonds. The number of nitrogens with one attached hydrogen (secondary N) is 2. The molecule has 6 nitrogen and oxygen atoms in total. The SMILES string of the molecule is COc1ccc(CNC(=O)c2cccc(NC(C)=O)c2)c(OC)c1C. The second kappa shape index (κ2) is 8.19. The van der Waals surface area contributed by atoms with Crippen LogP contribution in [0.25, 0.3) is 0 Å². The topological polar surface area (TPSA) is 76.7 Å². The Morgan fingerprint density at radius 2 is 1.84 bits per heavy atom. The van der Waals surface area contributed by atoms with Crippen LogP contribution < -0.4 is 20.1 Å². The van der Waals surface area contributed by atoms with Gasteiger partial charge in [-0.2, -0.15) is 0 Å². The van der Waals surface area contributed by atoms with Gasteiger partial charge < -0.3 is 20.1 Å². The Kier molecular flexibility index (Phi) is 6.00. The number of amides is 2. The van der Waals surface area contributed by atoms with Crippen molar-refractivity contribution in [3.05, 3.63) is 53.1 Å². The monoisotopic (exact) mass is 342 g/mol. The van der Waals surface area contributed by atoms with E-state index in [1.807, 2.05) is 19.1 Å². The maximum atomic E-state index is 12.4. The summed E-state index contributed by atoms with van der Waals surface area (Å²) in [6.07, 6.45) is 0. The first-order valence-electron chi connectivity index (χ1n) is 7.82. The molecule has 6 heteroatoms. The Balaban J connectivity index is 2.12. The van der Waals surface area contributed by atoms with Gasteiger partial charge in [0.05, 0.1) is 14.2 Å². The number of benzene rings is 2. The summed E-state index contributed by atoms with van der Waals surface area (Å²) in [5.41, 5.74) is 2.78. The van der Waals surface area contributed by atoms with Crippen LogP contribution in [0.3, 0.4) is 0 Å². The first kappa shape index (κ1) is 18.3. The Hall–Kier alpha value is -3.02. The third-order valence-electron chi connectivity index (χ3n) is 3.75. The highest BCUT2D eigenvalue weighted by atomic mass is 16.5. The predicted molar refractivity (Wildman–Crippen MR) is 96.2 cm³/mol. The van der Waals surface area contributed by atoms with Crippen molar-refractivity contribution in [1.82, 2.24) is 5.32 Å². The number of ether oxygens (including phenoxy) is 2. The van der Waals surface area contributed by atoms with Crippen molar-refractivity contribution in [2.24, 2.45) is 0 Å². The van der Waals surface area contributed by atoms with E-state index in [-0.39, 0.29) is 11.8 Å². The molecular formula is C19H22N2O4. The second-order valence-corrected chi connectivity index (χ2v) is 5.53. The molecule has 132 valence electrons. The van der Waals surface area contributed by atoms with Crippen molar-refractivity contribution in [3.63, 3.8) is 0 Å². The largest absolute Gasteiger partial charge is 0.496 e. The lowest BCUT2D eigenvalue weighted by Crippen LogP contribution is -2.23. The molecule has 0 unspecified atom stereocenters. The summed E-state index contributed by atoms with van der Waals surface area (Å²) in [6.45, 7) is 3.64. The minimum atomic E-state index is -0.234. The number of carbonyl (C=O) groups excluding carboxylic acids is 2. The molecule has 0 aliphatic rings. The zero-order valence-electron chi connectivity index (χ0n) is 14.8. The molecule has 0 atom stereocenters. The lowest BCUT2D eigenvalue weighted by molar-refractivity contribution is -0.114. The Labute approximate surface area is 147 Å². The fourth-order valence-corrected chi connectivity index (χ4v) is 2.59. The van der Waals surface area contributed by atoms with Crippen molar-refractivity contribution < 1.29 is 19.1 Å². The molecule has 0 bridgehead atoms. The van der Waals surface area contributed by atoms with Crippen LogP contribution >= 0.6 is 0 Å². The second-order valence-electron chi connectivity index (χ2n) is 5.53. The van der Waals surface area contributed by atoms with Gasteiger partial charge in [-0.1, -0.05) is 6.07 Å². The molecule has 0 aliphatic carbocycles. The fourth-order valence-electron chi connectivity index (χ4n) is 2.59. The van der Waals surface area contributed by atoms with E-state index in [0.717, 1.165) is 16.9 Å². The fraction of sp³-hybridized carbons (Fsp3) is 0.263. The summed E-state index contributed by atoms with van der Waals surface area (Å²) in [5, 5.41) is 5.52. The van der Waals surface area contributed by atoms with Gasteiger partial charge in [0.1, 0.15) is 11.5 Å². The van der Waals surface area contributed by atoms with E-state index >= 15 is 0 Å². The van der Waals surface area contributed by atoms with Gasteiger partial charge in [-0.3, -0.25) is 9.59 Å². The van der Waals surface area contributed by atoms with E-state index in [1.165, 1.54) is 6.92 Å². The normalized spacial score (nSPS) is 10.1. The van der Waals surface area contributed by atoms with E-state index in [4.69, 9.17) is 9.47 Å². The summed E-state index contributed by atoms with van der Waals surface area (Å²) in [6, 6.07) is 10.5. The smallest absolute Gasteiger partial charge is 0.251 e. The van der Waals surface area contributed by atoms with Gasteiger partial charge in [-0.25, -0.2) is 0 Å². The molecule has 0 aliphatic heterocycles. The standard InChI is InChI=1S/C19H22N2O4/c1-12-17(24-3)9-8-15(18(12)25-4)11-20-19(23)14-6-5-7-16(10-14)21-13(2)22/h5-10H,11H2,1-4H3,(H,20,23)(H,21,22). The van der Waals surface area contributed by atoms with Crippen molar-refractivity contribution in [2.45, 2.75) is 20.4 Å². The van der Waals surface area contributed by atoms with E-state index in [9.17, 15) is 9.59 Å². The highest BCUT2D eigenvalue weighted by Crippen LogP contribution is 2.31. The zero-order chi connectivity index (χ0) is 18.4.